The highest BCUT2D eigenvalue weighted by Crippen LogP contribution is 2.35. The predicted octanol–water partition coefficient (Wildman–Crippen LogP) is 4.39. The summed E-state index contributed by atoms with van der Waals surface area (Å²) in [6, 6.07) is 0.863. The number of ether oxygens (including phenoxy) is 1. The second-order valence-electron chi connectivity index (χ2n) is 7.52. The SMILES string of the molecule is CC1CCC(C(C)C)C(OCCCCCNC2CC2)C1. The summed E-state index contributed by atoms with van der Waals surface area (Å²) in [5, 5.41) is 3.58. The second kappa shape index (κ2) is 8.38. The first-order chi connectivity index (χ1) is 9.66. The topological polar surface area (TPSA) is 21.3 Å². The summed E-state index contributed by atoms with van der Waals surface area (Å²) >= 11 is 0. The van der Waals surface area contributed by atoms with Crippen LogP contribution >= 0.6 is 0 Å². The molecule has 3 unspecified atom stereocenters. The molecule has 2 nitrogen and oxygen atoms in total. The monoisotopic (exact) mass is 281 g/mol. The molecule has 0 spiro atoms. The lowest BCUT2D eigenvalue weighted by molar-refractivity contribution is -0.0394. The minimum atomic E-state index is 0.531. The molecule has 3 atom stereocenters. The first-order valence-electron chi connectivity index (χ1n) is 9.01. The van der Waals surface area contributed by atoms with Crippen LogP contribution in [0.25, 0.3) is 0 Å². The van der Waals surface area contributed by atoms with Crippen LogP contribution in [-0.2, 0) is 4.74 Å². The second-order valence-corrected chi connectivity index (χ2v) is 7.52. The highest BCUT2D eigenvalue weighted by Gasteiger charge is 2.31. The third-order valence-electron chi connectivity index (χ3n) is 5.12. The zero-order valence-corrected chi connectivity index (χ0v) is 13.9. The summed E-state index contributed by atoms with van der Waals surface area (Å²) in [6.45, 7) is 9.29. The van der Waals surface area contributed by atoms with Crippen LogP contribution in [-0.4, -0.2) is 25.3 Å². The quantitative estimate of drug-likeness (QED) is 0.633. The minimum Gasteiger partial charge on any atom is -0.378 e. The molecular formula is C18H35NO. The van der Waals surface area contributed by atoms with Crippen LogP contribution in [0.3, 0.4) is 0 Å². The van der Waals surface area contributed by atoms with Crippen molar-refractivity contribution in [2.75, 3.05) is 13.2 Å². The lowest BCUT2D eigenvalue weighted by Gasteiger charge is -2.37. The Bertz CT molecular complexity index is 262. The van der Waals surface area contributed by atoms with Gasteiger partial charge in [0.1, 0.15) is 0 Å². The van der Waals surface area contributed by atoms with Crippen LogP contribution in [0, 0.1) is 17.8 Å². The minimum absolute atomic E-state index is 0.531. The fourth-order valence-corrected chi connectivity index (χ4v) is 3.54. The van der Waals surface area contributed by atoms with Crippen LogP contribution < -0.4 is 5.32 Å². The molecule has 2 rings (SSSR count). The molecule has 0 aromatic rings. The summed E-state index contributed by atoms with van der Waals surface area (Å²) in [6.07, 6.45) is 11.3. The molecule has 2 aliphatic rings. The molecule has 2 saturated carbocycles. The molecule has 2 fully saturated rings. The molecule has 0 bridgehead atoms. The van der Waals surface area contributed by atoms with E-state index < -0.39 is 0 Å². The number of hydrogen-bond donors (Lipinski definition) is 1. The van der Waals surface area contributed by atoms with Crippen molar-refractivity contribution in [3.8, 4) is 0 Å². The third-order valence-corrected chi connectivity index (χ3v) is 5.12. The van der Waals surface area contributed by atoms with Crippen LogP contribution in [0.15, 0.2) is 0 Å². The summed E-state index contributed by atoms with van der Waals surface area (Å²) in [7, 11) is 0. The van der Waals surface area contributed by atoms with Crippen LogP contribution in [0.5, 0.6) is 0 Å². The standard InChI is InChI=1S/C18H35NO/c1-14(2)17-10-7-15(3)13-18(17)20-12-6-4-5-11-19-16-8-9-16/h14-19H,4-13H2,1-3H3. The van der Waals surface area contributed by atoms with E-state index in [9.17, 15) is 0 Å². The van der Waals surface area contributed by atoms with Crippen molar-refractivity contribution >= 4 is 0 Å². The van der Waals surface area contributed by atoms with Crippen molar-refractivity contribution in [2.24, 2.45) is 17.8 Å². The predicted molar refractivity (Wildman–Crippen MR) is 86.0 cm³/mol. The summed E-state index contributed by atoms with van der Waals surface area (Å²) in [4.78, 5) is 0. The van der Waals surface area contributed by atoms with E-state index in [1.165, 1.54) is 57.9 Å². The van der Waals surface area contributed by atoms with Gasteiger partial charge < -0.3 is 10.1 Å². The smallest absolute Gasteiger partial charge is 0.0608 e. The van der Waals surface area contributed by atoms with E-state index in [4.69, 9.17) is 4.74 Å². The first-order valence-corrected chi connectivity index (χ1v) is 9.01. The van der Waals surface area contributed by atoms with E-state index in [-0.39, 0.29) is 0 Å². The maximum Gasteiger partial charge on any atom is 0.0608 e. The molecule has 118 valence electrons. The van der Waals surface area contributed by atoms with Gasteiger partial charge in [-0.05, 0) is 69.2 Å². The highest BCUT2D eigenvalue weighted by molar-refractivity contribution is 4.81. The molecule has 2 heteroatoms. The Hall–Kier alpha value is -0.0800. The van der Waals surface area contributed by atoms with E-state index in [0.717, 1.165) is 30.4 Å². The molecule has 0 aromatic carbocycles. The molecule has 20 heavy (non-hydrogen) atoms. The van der Waals surface area contributed by atoms with Gasteiger partial charge in [0.15, 0.2) is 0 Å². The Labute approximate surface area is 126 Å². The largest absolute Gasteiger partial charge is 0.378 e. The van der Waals surface area contributed by atoms with Gasteiger partial charge in [0.2, 0.25) is 0 Å². The van der Waals surface area contributed by atoms with Gasteiger partial charge in [-0.3, -0.25) is 0 Å². The van der Waals surface area contributed by atoms with Gasteiger partial charge in [0, 0.05) is 12.6 Å². The lowest BCUT2D eigenvalue weighted by Crippen LogP contribution is -2.34. The molecule has 0 saturated heterocycles. The van der Waals surface area contributed by atoms with Crippen LogP contribution in [0.2, 0.25) is 0 Å². The Balaban J connectivity index is 1.53. The lowest BCUT2D eigenvalue weighted by atomic mass is 9.75. The van der Waals surface area contributed by atoms with Crippen molar-refractivity contribution in [3.05, 3.63) is 0 Å². The summed E-state index contributed by atoms with van der Waals surface area (Å²) in [5.74, 6) is 2.43. The number of nitrogens with one attached hydrogen (secondary N) is 1. The van der Waals surface area contributed by atoms with E-state index in [2.05, 4.69) is 26.1 Å². The van der Waals surface area contributed by atoms with Gasteiger partial charge in [0.05, 0.1) is 6.10 Å². The molecule has 1 N–H and O–H groups in total. The van der Waals surface area contributed by atoms with Crippen molar-refractivity contribution < 1.29 is 4.74 Å². The molecule has 0 aromatic heterocycles. The fraction of sp³-hybridized carbons (Fsp3) is 1.00. The molecule has 0 radical (unpaired) electrons. The summed E-state index contributed by atoms with van der Waals surface area (Å²) in [5.41, 5.74) is 0. The van der Waals surface area contributed by atoms with Gasteiger partial charge in [-0.2, -0.15) is 0 Å². The third kappa shape index (κ3) is 5.73. The van der Waals surface area contributed by atoms with E-state index in [1.807, 2.05) is 0 Å². The Kier molecular flexibility index (Phi) is 6.83. The van der Waals surface area contributed by atoms with Crippen molar-refractivity contribution in [2.45, 2.75) is 84.3 Å². The Morgan fingerprint density at radius 3 is 2.55 bits per heavy atom. The van der Waals surface area contributed by atoms with Gasteiger partial charge >= 0.3 is 0 Å². The Morgan fingerprint density at radius 1 is 1.05 bits per heavy atom. The summed E-state index contributed by atoms with van der Waals surface area (Å²) < 4.78 is 6.25. The van der Waals surface area contributed by atoms with Gasteiger partial charge in [-0.25, -0.2) is 0 Å². The average molecular weight is 281 g/mol. The highest BCUT2D eigenvalue weighted by atomic mass is 16.5. The first kappa shape index (κ1) is 16.3. The average Bonchev–Trinajstić information content (AvgIpc) is 3.21. The van der Waals surface area contributed by atoms with Gasteiger partial charge in [-0.15, -0.1) is 0 Å². The number of rotatable bonds is 9. The van der Waals surface area contributed by atoms with Crippen molar-refractivity contribution in [1.82, 2.24) is 5.32 Å². The van der Waals surface area contributed by atoms with E-state index in [0.29, 0.717) is 6.10 Å². The zero-order valence-electron chi connectivity index (χ0n) is 13.9. The molecule has 0 aliphatic heterocycles. The van der Waals surface area contributed by atoms with Crippen molar-refractivity contribution in [1.29, 1.82) is 0 Å². The number of hydrogen-bond acceptors (Lipinski definition) is 2. The van der Waals surface area contributed by atoms with Crippen molar-refractivity contribution in [3.63, 3.8) is 0 Å². The molecule has 0 amide bonds. The van der Waals surface area contributed by atoms with Crippen LogP contribution in [0.1, 0.15) is 72.1 Å². The van der Waals surface area contributed by atoms with Gasteiger partial charge in [0.25, 0.3) is 0 Å². The van der Waals surface area contributed by atoms with Crippen LogP contribution in [0.4, 0.5) is 0 Å². The fourth-order valence-electron chi connectivity index (χ4n) is 3.54. The molecular weight excluding hydrogens is 246 g/mol. The zero-order chi connectivity index (χ0) is 14.4. The maximum absolute atomic E-state index is 6.25. The number of unbranched alkanes of at least 4 members (excludes halogenated alkanes) is 2. The molecule has 0 heterocycles. The van der Waals surface area contributed by atoms with E-state index >= 15 is 0 Å². The van der Waals surface area contributed by atoms with E-state index in [1.54, 1.807) is 0 Å². The maximum atomic E-state index is 6.25. The van der Waals surface area contributed by atoms with Gasteiger partial charge in [-0.1, -0.05) is 27.2 Å². The molecule has 2 aliphatic carbocycles. The Morgan fingerprint density at radius 2 is 1.85 bits per heavy atom. The normalized spacial score (nSPS) is 30.9.